The second kappa shape index (κ2) is 5.67. The van der Waals surface area contributed by atoms with Crippen molar-refractivity contribution in [3.8, 4) is 5.75 Å². The molecule has 1 aromatic carbocycles. The highest BCUT2D eigenvalue weighted by atomic mass is 16.5. The lowest BCUT2D eigenvalue weighted by atomic mass is 10.2. The highest BCUT2D eigenvalue weighted by molar-refractivity contribution is 6.21. The summed E-state index contributed by atoms with van der Waals surface area (Å²) in [5, 5.41) is 1.83. The Bertz CT molecular complexity index is 496. The third-order valence-electron chi connectivity index (χ3n) is 3.10. The predicted molar refractivity (Wildman–Crippen MR) is 70.9 cm³/mol. The summed E-state index contributed by atoms with van der Waals surface area (Å²) in [6.07, 6.45) is 1.95. The van der Waals surface area contributed by atoms with Gasteiger partial charge in [0, 0.05) is 0 Å². The SMILES string of the molecule is C=CC[NH2+][C@@H]1CC(=O)N(c2ccc(OC)cc2)C1=O. The minimum absolute atomic E-state index is 0.166. The molecule has 0 aromatic heterocycles. The van der Waals surface area contributed by atoms with Crippen molar-refractivity contribution in [2.45, 2.75) is 12.5 Å². The second-order valence-corrected chi connectivity index (χ2v) is 4.34. The molecule has 0 unspecified atom stereocenters. The van der Waals surface area contributed by atoms with E-state index in [4.69, 9.17) is 4.74 Å². The van der Waals surface area contributed by atoms with Crippen molar-refractivity contribution in [1.29, 1.82) is 0 Å². The number of carbonyl (C=O) groups is 2. The second-order valence-electron chi connectivity index (χ2n) is 4.34. The van der Waals surface area contributed by atoms with Gasteiger partial charge in [-0.3, -0.25) is 9.59 Å². The first-order valence-corrected chi connectivity index (χ1v) is 6.12. The molecule has 1 aliphatic rings. The van der Waals surface area contributed by atoms with Crippen molar-refractivity contribution in [2.24, 2.45) is 0 Å². The van der Waals surface area contributed by atoms with Gasteiger partial charge in [0.2, 0.25) is 5.91 Å². The van der Waals surface area contributed by atoms with Gasteiger partial charge in [0.15, 0.2) is 6.04 Å². The van der Waals surface area contributed by atoms with Crippen molar-refractivity contribution in [1.82, 2.24) is 0 Å². The van der Waals surface area contributed by atoms with Crippen LogP contribution in [0.4, 0.5) is 5.69 Å². The molecule has 0 saturated carbocycles. The van der Waals surface area contributed by atoms with E-state index in [9.17, 15) is 9.59 Å². The van der Waals surface area contributed by atoms with Gasteiger partial charge in [-0.05, 0) is 30.3 Å². The van der Waals surface area contributed by atoms with E-state index in [-0.39, 0.29) is 24.3 Å². The Morgan fingerprint density at radius 2 is 2.11 bits per heavy atom. The van der Waals surface area contributed by atoms with Crippen molar-refractivity contribution >= 4 is 17.5 Å². The number of carbonyl (C=O) groups excluding carboxylic acids is 2. The Kier molecular flexibility index (Phi) is 3.97. The molecular weight excluding hydrogens is 244 g/mol. The van der Waals surface area contributed by atoms with E-state index < -0.39 is 0 Å². The van der Waals surface area contributed by atoms with Crippen LogP contribution in [-0.4, -0.2) is 31.5 Å². The monoisotopic (exact) mass is 261 g/mol. The topological polar surface area (TPSA) is 63.2 Å². The average molecular weight is 261 g/mol. The number of amides is 2. The number of methoxy groups -OCH3 is 1. The number of rotatable bonds is 5. The van der Waals surface area contributed by atoms with Gasteiger partial charge in [-0.1, -0.05) is 6.58 Å². The summed E-state index contributed by atoms with van der Waals surface area (Å²) in [6.45, 7) is 4.23. The summed E-state index contributed by atoms with van der Waals surface area (Å²) >= 11 is 0. The number of imide groups is 1. The van der Waals surface area contributed by atoms with Crippen LogP contribution in [0.3, 0.4) is 0 Å². The molecule has 1 aromatic rings. The van der Waals surface area contributed by atoms with E-state index in [0.29, 0.717) is 18.0 Å². The first-order valence-electron chi connectivity index (χ1n) is 6.12. The molecule has 0 spiro atoms. The van der Waals surface area contributed by atoms with Crippen molar-refractivity contribution in [2.75, 3.05) is 18.6 Å². The number of hydrogen-bond acceptors (Lipinski definition) is 3. The predicted octanol–water partition coefficient (Wildman–Crippen LogP) is 0.0765. The van der Waals surface area contributed by atoms with Crippen LogP contribution < -0.4 is 15.0 Å². The molecule has 1 saturated heterocycles. The lowest BCUT2D eigenvalue weighted by Crippen LogP contribution is -2.91. The maximum absolute atomic E-state index is 12.2. The fourth-order valence-electron chi connectivity index (χ4n) is 2.10. The fraction of sp³-hybridized carbons (Fsp3) is 0.286. The number of nitrogens with zero attached hydrogens (tertiary/aromatic N) is 1. The molecule has 1 heterocycles. The number of nitrogens with two attached hydrogens (primary N) is 1. The molecule has 1 atom stereocenters. The van der Waals surface area contributed by atoms with Crippen molar-refractivity contribution < 1.29 is 19.6 Å². The van der Waals surface area contributed by atoms with E-state index >= 15 is 0 Å². The van der Waals surface area contributed by atoms with Gasteiger partial charge in [0.1, 0.15) is 5.75 Å². The molecule has 0 aliphatic carbocycles. The van der Waals surface area contributed by atoms with E-state index in [2.05, 4.69) is 6.58 Å². The van der Waals surface area contributed by atoms with Gasteiger partial charge in [-0.15, -0.1) is 0 Å². The average Bonchev–Trinajstić information content (AvgIpc) is 2.71. The molecule has 2 rings (SSSR count). The Hall–Kier alpha value is -2.14. The zero-order chi connectivity index (χ0) is 13.8. The van der Waals surface area contributed by atoms with Crippen molar-refractivity contribution in [3.05, 3.63) is 36.9 Å². The molecule has 1 aliphatic heterocycles. The number of benzene rings is 1. The minimum atomic E-state index is -0.340. The van der Waals surface area contributed by atoms with Gasteiger partial charge >= 0.3 is 0 Å². The van der Waals surface area contributed by atoms with Gasteiger partial charge in [-0.2, -0.15) is 0 Å². The largest absolute Gasteiger partial charge is 0.497 e. The Labute approximate surface area is 111 Å². The molecule has 19 heavy (non-hydrogen) atoms. The smallest absolute Gasteiger partial charge is 0.292 e. The van der Waals surface area contributed by atoms with Gasteiger partial charge in [0.25, 0.3) is 5.91 Å². The highest BCUT2D eigenvalue weighted by Gasteiger charge is 2.41. The van der Waals surface area contributed by atoms with Gasteiger partial charge in [0.05, 0.1) is 25.8 Å². The molecule has 1 fully saturated rings. The third-order valence-corrected chi connectivity index (χ3v) is 3.10. The van der Waals surface area contributed by atoms with Gasteiger partial charge in [-0.25, -0.2) is 4.90 Å². The third kappa shape index (κ3) is 2.66. The van der Waals surface area contributed by atoms with Crippen LogP contribution in [0.1, 0.15) is 6.42 Å². The van der Waals surface area contributed by atoms with Crippen LogP contribution in [0.15, 0.2) is 36.9 Å². The van der Waals surface area contributed by atoms with E-state index in [0.717, 1.165) is 0 Å². The van der Waals surface area contributed by atoms with Crippen LogP contribution in [0.5, 0.6) is 5.75 Å². The van der Waals surface area contributed by atoms with Crippen LogP contribution >= 0.6 is 0 Å². The minimum Gasteiger partial charge on any atom is -0.497 e. The molecule has 2 amide bonds. The number of quaternary nitrogens is 1. The maximum Gasteiger partial charge on any atom is 0.292 e. The first kappa shape index (κ1) is 13.3. The van der Waals surface area contributed by atoms with E-state index in [1.54, 1.807) is 37.5 Å². The highest BCUT2D eigenvalue weighted by Crippen LogP contribution is 2.24. The first-order chi connectivity index (χ1) is 9.17. The summed E-state index contributed by atoms with van der Waals surface area (Å²) in [7, 11) is 1.57. The van der Waals surface area contributed by atoms with Crippen LogP contribution in [-0.2, 0) is 9.59 Å². The fourth-order valence-corrected chi connectivity index (χ4v) is 2.10. The summed E-state index contributed by atoms with van der Waals surface area (Å²) < 4.78 is 5.05. The van der Waals surface area contributed by atoms with Crippen LogP contribution in [0.2, 0.25) is 0 Å². The number of hydrogen-bond donors (Lipinski definition) is 1. The van der Waals surface area contributed by atoms with Crippen LogP contribution in [0, 0.1) is 0 Å². The normalized spacial score (nSPS) is 18.8. The maximum atomic E-state index is 12.2. The lowest BCUT2D eigenvalue weighted by molar-refractivity contribution is -0.666. The Balaban J connectivity index is 2.17. The molecule has 5 nitrogen and oxygen atoms in total. The Morgan fingerprint density at radius 3 is 2.68 bits per heavy atom. The zero-order valence-corrected chi connectivity index (χ0v) is 10.8. The van der Waals surface area contributed by atoms with Gasteiger partial charge < -0.3 is 10.1 Å². The zero-order valence-electron chi connectivity index (χ0n) is 10.8. The summed E-state index contributed by atoms with van der Waals surface area (Å²) in [4.78, 5) is 25.4. The molecule has 5 heteroatoms. The number of ether oxygens (including phenoxy) is 1. The van der Waals surface area contributed by atoms with E-state index in [1.165, 1.54) is 4.90 Å². The van der Waals surface area contributed by atoms with E-state index in [1.807, 2.05) is 5.32 Å². The molecule has 0 radical (unpaired) electrons. The van der Waals surface area contributed by atoms with Crippen LogP contribution in [0.25, 0.3) is 0 Å². The molecule has 100 valence electrons. The van der Waals surface area contributed by atoms with Crippen molar-refractivity contribution in [3.63, 3.8) is 0 Å². The standard InChI is InChI=1S/C14H16N2O3/c1-3-8-15-12-9-13(17)16(14(12)18)10-4-6-11(19-2)7-5-10/h3-7,12,15H,1,8-9H2,2H3/p+1/t12-/m1/s1. The summed E-state index contributed by atoms with van der Waals surface area (Å²) in [5.41, 5.74) is 0.588. The Morgan fingerprint density at radius 1 is 1.42 bits per heavy atom. The quantitative estimate of drug-likeness (QED) is 0.603. The summed E-state index contributed by atoms with van der Waals surface area (Å²) in [5.74, 6) is 0.357. The molecule has 0 bridgehead atoms. The summed E-state index contributed by atoms with van der Waals surface area (Å²) in [6, 6.07) is 6.55. The molecular formula is C14H17N2O3+. The molecule has 2 N–H and O–H groups in total. The number of anilines is 1. The lowest BCUT2D eigenvalue weighted by Gasteiger charge is -2.14.